The van der Waals surface area contributed by atoms with Crippen molar-refractivity contribution in [1.82, 2.24) is 5.32 Å². The molecular weight excluding hydrogens is 318 g/mol. The highest BCUT2D eigenvalue weighted by molar-refractivity contribution is 5.37. The second-order valence-corrected chi connectivity index (χ2v) is 4.92. The second-order valence-electron chi connectivity index (χ2n) is 4.92. The molecular formula is C20H31NO4. The van der Waals surface area contributed by atoms with Crippen LogP contribution in [0.25, 0.3) is 0 Å². The summed E-state index contributed by atoms with van der Waals surface area (Å²) in [4.78, 5) is 0. The molecule has 5 N–H and O–H groups in total. The summed E-state index contributed by atoms with van der Waals surface area (Å²) >= 11 is 0. The standard InChI is InChI=1S/C16H19NO4.2C2H6/c18-13-3-1-11(2-4-13)5-6-17-10-16(21)12-7-14(19)9-15(20)8-12;2*1-2/h1-4,7-9,16-21H,5-6,10H2;2*1-2H3. The van der Waals surface area contributed by atoms with E-state index in [0.717, 1.165) is 12.0 Å². The molecule has 0 spiro atoms. The maximum atomic E-state index is 9.99. The fraction of sp³-hybridized carbons (Fsp3) is 0.400. The number of aliphatic hydroxyl groups excluding tert-OH is 1. The Morgan fingerprint density at radius 1 is 0.800 bits per heavy atom. The molecule has 1 unspecified atom stereocenters. The maximum Gasteiger partial charge on any atom is 0.119 e. The molecule has 1 atom stereocenters. The van der Waals surface area contributed by atoms with Crippen LogP contribution in [0.4, 0.5) is 0 Å². The van der Waals surface area contributed by atoms with E-state index in [0.29, 0.717) is 18.7 Å². The van der Waals surface area contributed by atoms with Crippen molar-refractivity contribution in [3.63, 3.8) is 0 Å². The van der Waals surface area contributed by atoms with Gasteiger partial charge in [-0.05, 0) is 48.4 Å². The molecule has 0 saturated carbocycles. The summed E-state index contributed by atoms with van der Waals surface area (Å²) in [7, 11) is 0. The van der Waals surface area contributed by atoms with E-state index >= 15 is 0 Å². The van der Waals surface area contributed by atoms with Crippen molar-refractivity contribution in [2.24, 2.45) is 0 Å². The van der Waals surface area contributed by atoms with Crippen molar-refractivity contribution in [1.29, 1.82) is 0 Å². The normalized spacial score (nSPS) is 10.8. The lowest BCUT2D eigenvalue weighted by atomic mass is 10.1. The fourth-order valence-electron chi connectivity index (χ4n) is 2.06. The molecule has 25 heavy (non-hydrogen) atoms. The van der Waals surface area contributed by atoms with Gasteiger partial charge in [0.1, 0.15) is 17.2 Å². The van der Waals surface area contributed by atoms with E-state index in [1.54, 1.807) is 12.1 Å². The Kier molecular flexibility index (Phi) is 11.9. The first-order valence-corrected chi connectivity index (χ1v) is 8.74. The van der Waals surface area contributed by atoms with Gasteiger partial charge in [0.25, 0.3) is 0 Å². The van der Waals surface area contributed by atoms with Crippen molar-refractivity contribution in [2.75, 3.05) is 13.1 Å². The number of aromatic hydroxyl groups is 3. The van der Waals surface area contributed by atoms with Gasteiger partial charge in [-0.1, -0.05) is 39.8 Å². The topological polar surface area (TPSA) is 93.0 Å². The second kappa shape index (κ2) is 13.1. The number of phenols is 3. The highest BCUT2D eigenvalue weighted by atomic mass is 16.3. The molecule has 5 nitrogen and oxygen atoms in total. The third kappa shape index (κ3) is 8.98. The zero-order valence-corrected chi connectivity index (χ0v) is 15.5. The van der Waals surface area contributed by atoms with Crippen molar-refractivity contribution in [2.45, 2.75) is 40.2 Å². The van der Waals surface area contributed by atoms with Crippen LogP contribution in [-0.2, 0) is 6.42 Å². The van der Waals surface area contributed by atoms with Crippen molar-refractivity contribution < 1.29 is 20.4 Å². The molecule has 0 radical (unpaired) electrons. The molecule has 0 amide bonds. The Bertz CT molecular complexity index is 565. The van der Waals surface area contributed by atoms with Crippen LogP contribution in [-0.4, -0.2) is 33.5 Å². The minimum absolute atomic E-state index is 0.0758. The fourth-order valence-corrected chi connectivity index (χ4v) is 2.06. The van der Waals surface area contributed by atoms with Crippen LogP contribution in [0, 0.1) is 0 Å². The van der Waals surface area contributed by atoms with Crippen LogP contribution in [0.5, 0.6) is 17.2 Å². The van der Waals surface area contributed by atoms with Crippen LogP contribution >= 0.6 is 0 Å². The van der Waals surface area contributed by atoms with Crippen LogP contribution in [0.2, 0.25) is 0 Å². The predicted molar refractivity (Wildman–Crippen MR) is 102 cm³/mol. The van der Waals surface area contributed by atoms with Gasteiger partial charge in [-0.15, -0.1) is 0 Å². The number of hydrogen-bond acceptors (Lipinski definition) is 5. The Hall–Kier alpha value is -2.24. The lowest BCUT2D eigenvalue weighted by Gasteiger charge is -2.13. The number of phenolic OH excluding ortho intramolecular Hbond substituents is 3. The minimum atomic E-state index is -0.803. The van der Waals surface area contributed by atoms with E-state index in [1.807, 2.05) is 39.8 Å². The van der Waals surface area contributed by atoms with Crippen LogP contribution in [0.15, 0.2) is 42.5 Å². The van der Waals surface area contributed by atoms with E-state index in [2.05, 4.69) is 5.32 Å². The van der Waals surface area contributed by atoms with Crippen LogP contribution in [0.3, 0.4) is 0 Å². The minimum Gasteiger partial charge on any atom is -0.508 e. The summed E-state index contributed by atoms with van der Waals surface area (Å²) in [5.41, 5.74) is 1.55. The third-order valence-electron chi connectivity index (χ3n) is 3.17. The molecule has 140 valence electrons. The average molecular weight is 349 g/mol. The van der Waals surface area contributed by atoms with Crippen molar-refractivity contribution >= 4 is 0 Å². The Balaban J connectivity index is 0.00000134. The number of nitrogens with one attached hydrogen (secondary N) is 1. The molecule has 0 aromatic heterocycles. The number of benzene rings is 2. The maximum absolute atomic E-state index is 9.99. The summed E-state index contributed by atoms with van der Waals surface area (Å²) in [5, 5.41) is 41.0. The summed E-state index contributed by atoms with van der Waals surface area (Å²) in [6.07, 6.45) is -0.0269. The van der Waals surface area contributed by atoms with Crippen molar-refractivity contribution in [3.8, 4) is 17.2 Å². The lowest BCUT2D eigenvalue weighted by Crippen LogP contribution is -2.23. The largest absolute Gasteiger partial charge is 0.508 e. The van der Waals surface area contributed by atoms with Crippen molar-refractivity contribution in [3.05, 3.63) is 53.6 Å². The Labute approximate surface area is 150 Å². The molecule has 0 aliphatic carbocycles. The number of rotatable bonds is 6. The quantitative estimate of drug-likeness (QED) is 0.513. The monoisotopic (exact) mass is 349 g/mol. The highest BCUT2D eigenvalue weighted by Crippen LogP contribution is 2.24. The smallest absolute Gasteiger partial charge is 0.119 e. The third-order valence-corrected chi connectivity index (χ3v) is 3.17. The Morgan fingerprint density at radius 2 is 1.32 bits per heavy atom. The molecule has 5 heteroatoms. The molecule has 0 aliphatic rings. The van der Waals surface area contributed by atoms with E-state index in [9.17, 15) is 20.4 Å². The molecule has 0 bridgehead atoms. The van der Waals surface area contributed by atoms with E-state index in [4.69, 9.17) is 0 Å². The molecule has 0 saturated heterocycles. The number of aliphatic hydroxyl groups is 1. The molecule has 0 fully saturated rings. The van der Waals surface area contributed by atoms with Gasteiger partial charge in [0, 0.05) is 12.6 Å². The van der Waals surface area contributed by atoms with Gasteiger partial charge in [0.15, 0.2) is 0 Å². The predicted octanol–water partition coefficient (Wildman–Crippen LogP) is 3.72. The zero-order valence-electron chi connectivity index (χ0n) is 15.5. The average Bonchev–Trinajstić information content (AvgIpc) is 2.62. The molecule has 0 heterocycles. The van der Waals surface area contributed by atoms with E-state index in [-0.39, 0.29) is 17.2 Å². The summed E-state index contributed by atoms with van der Waals surface area (Å²) < 4.78 is 0. The summed E-state index contributed by atoms with van der Waals surface area (Å²) in [6, 6.07) is 11.0. The van der Waals surface area contributed by atoms with Gasteiger partial charge >= 0.3 is 0 Å². The Morgan fingerprint density at radius 3 is 1.84 bits per heavy atom. The number of hydrogen-bond donors (Lipinski definition) is 5. The lowest BCUT2D eigenvalue weighted by molar-refractivity contribution is 0.174. The molecule has 2 aromatic carbocycles. The van der Waals surface area contributed by atoms with Gasteiger partial charge in [-0.2, -0.15) is 0 Å². The first-order chi connectivity index (χ1) is 12.0. The van der Waals surface area contributed by atoms with E-state index in [1.165, 1.54) is 18.2 Å². The van der Waals surface area contributed by atoms with Gasteiger partial charge in [-0.25, -0.2) is 0 Å². The summed E-state index contributed by atoms with van der Waals surface area (Å²) in [6.45, 7) is 8.99. The first kappa shape index (κ1) is 22.8. The van der Waals surface area contributed by atoms with Gasteiger partial charge in [0.05, 0.1) is 6.10 Å². The molecule has 2 rings (SSSR count). The van der Waals surface area contributed by atoms with E-state index < -0.39 is 6.10 Å². The van der Waals surface area contributed by atoms with Gasteiger partial charge < -0.3 is 25.7 Å². The van der Waals surface area contributed by atoms with Gasteiger partial charge in [-0.3, -0.25) is 0 Å². The zero-order chi connectivity index (χ0) is 19.2. The van der Waals surface area contributed by atoms with Crippen LogP contribution in [0.1, 0.15) is 44.9 Å². The molecule has 0 aliphatic heterocycles. The summed E-state index contributed by atoms with van der Waals surface area (Å²) in [5.74, 6) is 0.0899. The first-order valence-electron chi connectivity index (χ1n) is 8.74. The highest BCUT2D eigenvalue weighted by Gasteiger charge is 2.09. The molecule has 2 aromatic rings. The van der Waals surface area contributed by atoms with Gasteiger partial charge in [0.2, 0.25) is 0 Å². The van der Waals surface area contributed by atoms with Crippen LogP contribution < -0.4 is 5.32 Å². The SMILES string of the molecule is CC.CC.Oc1ccc(CCNCC(O)c2cc(O)cc(O)c2)cc1.